The molecule has 2 aromatic rings. The first kappa shape index (κ1) is 18.7. The second-order valence-electron chi connectivity index (χ2n) is 6.97. The molecule has 1 unspecified atom stereocenters. The van der Waals surface area contributed by atoms with Crippen molar-refractivity contribution in [2.75, 3.05) is 0 Å². The van der Waals surface area contributed by atoms with Gasteiger partial charge in [-0.2, -0.15) is 0 Å². The quantitative estimate of drug-likeness (QED) is 0.761. The molecule has 138 valence electrons. The van der Waals surface area contributed by atoms with Gasteiger partial charge in [0.05, 0.1) is 0 Å². The maximum absolute atomic E-state index is 11.9. The van der Waals surface area contributed by atoms with Crippen molar-refractivity contribution in [3.05, 3.63) is 70.7 Å². The second kappa shape index (κ2) is 9.06. The molecule has 4 nitrogen and oxygen atoms in total. The molecule has 2 N–H and O–H groups in total. The average molecular weight is 373 g/mol. The number of hydrogen-bond acceptors (Lipinski definition) is 3. The molecule has 0 heterocycles. The Morgan fingerprint density at radius 2 is 1.85 bits per heavy atom. The predicted molar refractivity (Wildman–Crippen MR) is 104 cm³/mol. The smallest absolute Gasteiger partial charge is 0.407 e. The number of hydrogen-bond donors (Lipinski definition) is 2. The fourth-order valence-corrected chi connectivity index (χ4v) is 3.49. The minimum absolute atomic E-state index is 0.189. The van der Waals surface area contributed by atoms with Crippen LogP contribution in [0.5, 0.6) is 0 Å². The minimum atomic E-state index is -0.343. The summed E-state index contributed by atoms with van der Waals surface area (Å²) < 4.78 is 5.26. The molecule has 26 heavy (non-hydrogen) atoms. The molecular weight excluding hydrogens is 348 g/mol. The lowest BCUT2D eigenvalue weighted by Crippen LogP contribution is -2.54. The highest BCUT2D eigenvalue weighted by atomic mass is 35.5. The Bertz CT molecular complexity index is 717. The standard InChI is InChI=1S/C21H25ClN2O2/c1-15(10-17-8-5-9-18(22)11-17)23-19-12-20(13-19)24-21(25)26-14-16-6-3-2-4-7-16/h2-9,11,15,19-20,23H,10,12-14H2,1H3,(H,24,25). The van der Waals surface area contributed by atoms with E-state index in [1.807, 2.05) is 48.5 Å². The summed E-state index contributed by atoms with van der Waals surface area (Å²) in [6.07, 6.45) is 2.46. The van der Waals surface area contributed by atoms with Gasteiger partial charge >= 0.3 is 6.09 Å². The van der Waals surface area contributed by atoms with Crippen LogP contribution in [0.4, 0.5) is 4.79 Å². The fraction of sp³-hybridized carbons (Fsp3) is 0.381. The average Bonchev–Trinajstić information content (AvgIpc) is 2.59. The third-order valence-corrected chi connectivity index (χ3v) is 4.86. The number of rotatable bonds is 7. The SMILES string of the molecule is CC(Cc1cccc(Cl)c1)NC1CC(NC(=O)OCc2ccccc2)C1. The highest BCUT2D eigenvalue weighted by molar-refractivity contribution is 6.30. The largest absolute Gasteiger partial charge is 0.445 e. The Kier molecular flexibility index (Phi) is 6.53. The van der Waals surface area contributed by atoms with Crippen molar-refractivity contribution in [3.63, 3.8) is 0 Å². The van der Waals surface area contributed by atoms with Crippen molar-refractivity contribution in [3.8, 4) is 0 Å². The number of ether oxygens (including phenoxy) is 1. The first-order valence-corrected chi connectivity index (χ1v) is 9.44. The molecule has 1 saturated carbocycles. The van der Waals surface area contributed by atoms with Crippen LogP contribution < -0.4 is 10.6 Å². The molecule has 0 aliphatic heterocycles. The summed E-state index contributed by atoms with van der Waals surface area (Å²) in [5, 5.41) is 7.31. The van der Waals surface area contributed by atoms with Crippen LogP contribution in [0.2, 0.25) is 5.02 Å². The number of carbonyl (C=O) groups is 1. The molecule has 1 amide bonds. The third kappa shape index (κ3) is 5.75. The first-order valence-electron chi connectivity index (χ1n) is 9.06. The highest BCUT2D eigenvalue weighted by Crippen LogP contribution is 2.21. The van der Waals surface area contributed by atoms with Gasteiger partial charge in [0.25, 0.3) is 0 Å². The molecule has 0 spiro atoms. The zero-order valence-electron chi connectivity index (χ0n) is 15.0. The highest BCUT2D eigenvalue weighted by Gasteiger charge is 2.31. The molecule has 1 atom stereocenters. The minimum Gasteiger partial charge on any atom is -0.445 e. The van der Waals surface area contributed by atoms with Gasteiger partial charge in [-0.1, -0.05) is 54.1 Å². The van der Waals surface area contributed by atoms with Gasteiger partial charge in [0.15, 0.2) is 0 Å². The van der Waals surface area contributed by atoms with Gasteiger partial charge in [0.2, 0.25) is 0 Å². The van der Waals surface area contributed by atoms with Gasteiger partial charge in [-0.15, -0.1) is 0 Å². The molecule has 2 aromatic carbocycles. The van der Waals surface area contributed by atoms with Crippen LogP contribution in [0.25, 0.3) is 0 Å². The lowest BCUT2D eigenvalue weighted by atomic mass is 9.86. The summed E-state index contributed by atoms with van der Waals surface area (Å²) in [7, 11) is 0. The van der Waals surface area contributed by atoms with Crippen molar-refractivity contribution in [1.29, 1.82) is 0 Å². The summed E-state index contributed by atoms with van der Waals surface area (Å²) >= 11 is 6.03. The van der Waals surface area contributed by atoms with Crippen LogP contribution in [0.15, 0.2) is 54.6 Å². The van der Waals surface area contributed by atoms with E-state index in [9.17, 15) is 4.79 Å². The fourth-order valence-electron chi connectivity index (χ4n) is 3.28. The molecule has 1 fully saturated rings. The summed E-state index contributed by atoms with van der Waals surface area (Å²) in [6, 6.07) is 18.7. The zero-order valence-corrected chi connectivity index (χ0v) is 15.7. The van der Waals surface area contributed by atoms with Crippen molar-refractivity contribution < 1.29 is 9.53 Å². The van der Waals surface area contributed by atoms with E-state index < -0.39 is 0 Å². The van der Waals surface area contributed by atoms with Crippen LogP contribution >= 0.6 is 11.6 Å². The number of nitrogens with one attached hydrogen (secondary N) is 2. The van der Waals surface area contributed by atoms with Gasteiger partial charge in [-0.05, 0) is 49.4 Å². The van der Waals surface area contributed by atoms with E-state index in [0.717, 1.165) is 29.8 Å². The van der Waals surface area contributed by atoms with Crippen molar-refractivity contribution in [2.45, 2.75) is 50.9 Å². The molecule has 0 bridgehead atoms. The van der Waals surface area contributed by atoms with E-state index >= 15 is 0 Å². The van der Waals surface area contributed by atoms with Crippen LogP contribution in [0.3, 0.4) is 0 Å². The summed E-state index contributed by atoms with van der Waals surface area (Å²) in [6.45, 7) is 2.48. The summed E-state index contributed by atoms with van der Waals surface area (Å²) in [4.78, 5) is 11.9. The van der Waals surface area contributed by atoms with Crippen LogP contribution in [0.1, 0.15) is 30.9 Å². The predicted octanol–water partition coefficient (Wildman–Crippen LogP) is 4.32. The van der Waals surface area contributed by atoms with E-state index in [1.165, 1.54) is 5.56 Å². The number of halogens is 1. The number of carbonyl (C=O) groups excluding carboxylic acids is 1. The van der Waals surface area contributed by atoms with E-state index in [2.05, 4.69) is 23.6 Å². The van der Waals surface area contributed by atoms with Gasteiger partial charge in [0.1, 0.15) is 6.61 Å². The van der Waals surface area contributed by atoms with Crippen LogP contribution in [-0.2, 0) is 17.8 Å². The zero-order chi connectivity index (χ0) is 18.4. The van der Waals surface area contributed by atoms with Crippen molar-refractivity contribution in [2.24, 2.45) is 0 Å². The molecule has 1 aliphatic rings. The van der Waals surface area contributed by atoms with E-state index in [0.29, 0.717) is 18.7 Å². The van der Waals surface area contributed by atoms with E-state index in [-0.39, 0.29) is 12.1 Å². The Morgan fingerprint density at radius 3 is 2.58 bits per heavy atom. The van der Waals surface area contributed by atoms with Gasteiger partial charge in [-0.25, -0.2) is 4.79 Å². The Labute approximate surface area is 159 Å². The Morgan fingerprint density at radius 1 is 1.12 bits per heavy atom. The molecule has 0 aromatic heterocycles. The van der Waals surface area contributed by atoms with Crippen molar-refractivity contribution >= 4 is 17.7 Å². The summed E-state index contributed by atoms with van der Waals surface area (Å²) in [5.74, 6) is 0. The van der Waals surface area contributed by atoms with Crippen LogP contribution in [0, 0.1) is 0 Å². The monoisotopic (exact) mass is 372 g/mol. The molecule has 3 rings (SSSR count). The maximum Gasteiger partial charge on any atom is 0.407 e. The lowest BCUT2D eigenvalue weighted by molar-refractivity contribution is 0.124. The normalized spacial score (nSPS) is 20.1. The summed E-state index contributed by atoms with van der Waals surface area (Å²) in [5.41, 5.74) is 2.22. The second-order valence-corrected chi connectivity index (χ2v) is 7.41. The topological polar surface area (TPSA) is 50.4 Å². The third-order valence-electron chi connectivity index (χ3n) is 4.62. The molecule has 1 aliphatic carbocycles. The lowest BCUT2D eigenvalue weighted by Gasteiger charge is -2.38. The number of benzene rings is 2. The van der Waals surface area contributed by atoms with Gasteiger partial charge in [-0.3, -0.25) is 0 Å². The number of amides is 1. The van der Waals surface area contributed by atoms with E-state index in [4.69, 9.17) is 16.3 Å². The molecular formula is C21H25ClN2O2. The van der Waals surface area contributed by atoms with Gasteiger partial charge in [0, 0.05) is 23.1 Å². The maximum atomic E-state index is 11.9. The van der Waals surface area contributed by atoms with Crippen LogP contribution in [-0.4, -0.2) is 24.2 Å². The van der Waals surface area contributed by atoms with E-state index in [1.54, 1.807) is 0 Å². The van der Waals surface area contributed by atoms with Gasteiger partial charge < -0.3 is 15.4 Å². The number of alkyl carbamates (subject to hydrolysis) is 1. The Balaban J connectivity index is 1.32. The van der Waals surface area contributed by atoms with Crippen molar-refractivity contribution in [1.82, 2.24) is 10.6 Å². The molecule has 5 heteroatoms. The Hall–Kier alpha value is -2.04. The molecule has 0 saturated heterocycles. The first-order chi connectivity index (χ1) is 12.6. The molecule has 0 radical (unpaired) electrons.